The van der Waals surface area contributed by atoms with Crippen LogP contribution in [0.15, 0.2) is 59.4 Å². The zero-order chi connectivity index (χ0) is 17.8. The lowest BCUT2D eigenvalue weighted by atomic mass is 10.1. The minimum Gasteiger partial charge on any atom is -0.392 e. The van der Waals surface area contributed by atoms with E-state index < -0.39 is 0 Å². The molecule has 0 aliphatic heterocycles. The van der Waals surface area contributed by atoms with Crippen LogP contribution in [0.3, 0.4) is 0 Å². The fraction of sp³-hybridized carbons (Fsp3) is 0.158. The first-order valence-corrected chi connectivity index (χ1v) is 7.95. The molecule has 0 spiro atoms. The van der Waals surface area contributed by atoms with Crippen LogP contribution in [-0.4, -0.2) is 14.9 Å². The van der Waals surface area contributed by atoms with Crippen LogP contribution in [0.4, 0.5) is 15.8 Å². The van der Waals surface area contributed by atoms with Crippen molar-refractivity contribution in [1.82, 2.24) is 9.78 Å². The SMILES string of the molecule is CCn1nc(-c2cccc(F)c2)cc(Nc2ccc(CO)cc2)c1=O. The molecule has 0 bridgehead atoms. The Morgan fingerprint density at radius 3 is 2.56 bits per heavy atom. The summed E-state index contributed by atoms with van der Waals surface area (Å²) >= 11 is 0. The Hall–Kier alpha value is -2.99. The molecule has 5 nitrogen and oxygen atoms in total. The third-order valence-corrected chi connectivity index (χ3v) is 3.81. The van der Waals surface area contributed by atoms with Gasteiger partial charge in [0.2, 0.25) is 0 Å². The Morgan fingerprint density at radius 1 is 1.16 bits per heavy atom. The summed E-state index contributed by atoms with van der Waals surface area (Å²) in [6.07, 6.45) is 0. The molecule has 0 amide bonds. The van der Waals surface area contributed by atoms with Crippen molar-refractivity contribution in [3.63, 3.8) is 0 Å². The van der Waals surface area contributed by atoms with Crippen molar-refractivity contribution in [1.29, 1.82) is 0 Å². The largest absolute Gasteiger partial charge is 0.392 e. The molecule has 2 aromatic carbocycles. The molecule has 0 aliphatic rings. The maximum absolute atomic E-state index is 13.5. The van der Waals surface area contributed by atoms with Crippen molar-refractivity contribution in [3.8, 4) is 11.3 Å². The van der Waals surface area contributed by atoms with Crippen LogP contribution in [-0.2, 0) is 13.2 Å². The summed E-state index contributed by atoms with van der Waals surface area (Å²) < 4.78 is 14.8. The van der Waals surface area contributed by atoms with Gasteiger partial charge in [-0.2, -0.15) is 5.10 Å². The number of halogens is 1. The van der Waals surface area contributed by atoms with E-state index in [1.807, 2.05) is 6.92 Å². The molecule has 1 aromatic heterocycles. The predicted molar refractivity (Wildman–Crippen MR) is 95.2 cm³/mol. The first-order valence-electron chi connectivity index (χ1n) is 7.95. The maximum Gasteiger partial charge on any atom is 0.290 e. The standard InChI is InChI=1S/C19H18FN3O2/c1-2-23-19(25)18(21-16-8-6-13(12-24)7-9-16)11-17(22-23)14-4-3-5-15(20)10-14/h3-11,21,24H,2,12H2,1H3. The Labute approximate surface area is 144 Å². The molecular formula is C19H18FN3O2. The molecule has 0 saturated carbocycles. The van der Waals surface area contributed by atoms with Gasteiger partial charge in [-0.15, -0.1) is 0 Å². The molecule has 3 rings (SSSR count). The topological polar surface area (TPSA) is 67.2 Å². The molecule has 1 heterocycles. The lowest BCUT2D eigenvalue weighted by Crippen LogP contribution is -2.24. The number of aliphatic hydroxyl groups is 1. The monoisotopic (exact) mass is 339 g/mol. The Kier molecular flexibility index (Phi) is 4.90. The minimum absolute atomic E-state index is 0.0398. The van der Waals surface area contributed by atoms with Gasteiger partial charge in [-0.05, 0) is 42.8 Å². The molecular weight excluding hydrogens is 321 g/mol. The summed E-state index contributed by atoms with van der Waals surface area (Å²) in [5, 5.41) is 16.5. The van der Waals surface area contributed by atoms with Crippen molar-refractivity contribution in [2.24, 2.45) is 0 Å². The summed E-state index contributed by atoms with van der Waals surface area (Å²) in [4.78, 5) is 12.5. The summed E-state index contributed by atoms with van der Waals surface area (Å²) in [6, 6.07) is 14.8. The number of benzene rings is 2. The third kappa shape index (κ3) is 3.75. The summed E-state index contributed by atoms with van der Waals surface area (Å²) in [6.45, 7) is 2.19. The maximum atomic E-state index is 13.5. The highest BCUT2D eigenvalue weighted by atomic mass is 19.1. The predicted octanol–water partition coefficient (Wildman–Crippen LogP) is 3.31. The molecule has 0 saturated heterocycles. The van der Waals surface area contributed by atoms with E-state index in [0.29, 0.717) is 29.2 Å². The van der Waals surface area contributed by atoms with Gasteiger partial charge in [-0.3, -0.25) is 4.79 Å². The van der Waals surface area contributed by atoms with E-state index in [-0.39, 0.29) is 18.0 Å². The molecule has 2 N–H and O–H groups in total. The molecule has 3 aromatic rings. The van der Waals surface area contributed by atoms with Crippen LogP contribution in [0.2, 0.25) is 0 Å². The van der Waals surface area contributed by atoms with Crippen LogP contribution in [0.1, 0.15) is 12.5 Å². The first-order chi connectivity index (χ1) is 12.1. The van der Waals surface area contributed by atoms with E-state index in [1.54, 1.807) is 42.5 Å². The molecule has 0 fully saturated rings. The molecule has 0 aliphatic carbocycles. The van der Waals surface area contributed by atoms with Gasteiger partial charge in [-0.25, -0.2) is 9.07 Å². The molecule has 0 unspecified atom stereocenters. The van der Waals surface area contributed by atoms with Gasteiger partial charge >= 0.3 is 0 Å². The number of rotatable bonds is 5. The fourth-order valence-electron chi connectivity index (χ4n) is 2.48. The number of nitrogens with zero attached hydrogens (tertiary/aromatic N) is 2. The van der Waals surface area contributed by atoms with Crippen molar-refractivity contribution < 1.29 is 9.50 Å². The van der Waals surface area contributed by atoms with Gasteiger partial charge < -0.3 is 10.4 Å². The third-order valence-electron chi connectivity index (χ3n) is 3.81. The van der Waals surface area contributed by atoms with E-state index in [0.717, 1.165) is 5.56 Å². The average molecular weight is 339 g/mol. The first kappa shape index (κ1) is 16.9. The quantitative estimate of drug-likeness (QED) is 0.748. The zero-order valence-electron chi connectivity index (χ0n) is 13.7. The molecule has 0 radical (unpaired) electrons. The van der Waals surface area contributed by atoms with Crippen LogP contribution < -0.4 is 10.9 Å². The number of nitrogens with one attached hydrogen (secondary N) is 1. The zero-order valence-corrected chi connectivity index (χ0v) is 13.7. The van der Waals surface area contributed by atoms with Gasteiger partial charge in [-0.1, -0.05) is 24.3 Å². The molecule has 6 heteroatoms. The number of aryl methyl sites for hydroxylation is 1. The lowest BCUT2D eigenvalue weighted by molar-refractivity contribution is 0.282. The van der Waals surface area contributed by atoms with Gasteiger partial charge in [0.25, 0.3) is 5.56 Å². The number of hydrogen-bond donors (Lipinski definition) is 2. The smallest absolute Gasteiger partial charge is 0.290 e. The lowest BCUT2D eigenvalue weighted by Gasteiger charge is -2.11. The van der Waals surface area contributed by atoms with Gasteiger partial charge in [0.1, 0.15) is 11.5 Å². The van der Waals surface area contributed by atoms with E-state index in [4.69, 9.17) is 5.11 Å². The second-order valence-corrected chi connectivity index (χ2v) is 5.55. The summed E-state index contributed by atoms with van der Waals surface area (Å²) in [5.41, 5.74) is 2.71. The molecule has 128 valence electrons. The highest BCUT2D eigenvalue weighted by molar-refractivity contribution is 5.67. The summed E-state index contributed by atoms with van der Waals surface area (Å²) in [5.74, 6) is -0.359. The number of hydrogen-bond acceptors (Lipinski definition) is 4. The Morgan fingerprint density at radius 2 is 1.92 bits per heavy atom. The van der Waals surface area contributed by atoms with E-state index in [1.165, 1.54) is 16.8 Å². The van der Waals surface area contributed by atoms with Crippen LogP contribution >= 0.6 is 0 Å². The van der Waals surface area contributed by atoms with Gasteiger partial charge in [0.15, 0.2) is 0 Å². The number of aromatic nitrogens is 2. The fourth-order valence-corrected chi connectivity index (χ4v) is 2.48. The average Bonchev–Trinajstić information content (AvgIpc) is 2.64. The van der Waals surface area contributed by atoms with Crippen LogP contribution in [0, 0.1) is 5.82 Å². The normalized spacial score (nSPS) is 10.7. The van der Waals surface area contributed by atoms with Crippen molar-refractivity contribution >= 4 is 11.4 Å². The van der Waals surface area contributed by atoms with Crippen LogP contribution in [0.5, 0.6) is 0 Å². The second kappa shape index (κ2) is 7.27. The molecule has 0 atom stereocenters. The highest BCUT2D eigenvalue weighted by Crippen LogP contribution is 2.21. The highest BCUT2D eigenvalue weighted by Gasteiger charge is 2.10. The van der Waals surface area contributed by atoms with Crippen molar-refractivity contribution in [2.75, 3.05) is 5.32 Å². The number of anilines is 2. The van der Waals surface area contributed by atoms with Crippen molar-refractivity contribution in [3.05, 3.63) is 76.3 Å². The Bertz CT molecular complexity index is 936. The summed E-state index contributed by atoms with van der Waals surface area (Å²) in [7, 11) is 0. The molecule has 25 heavy (non-hydrogen) atoms. The van der Waals surface area contributed by atoms with Gasteiger partial charge in [0, 0.05) is 17.8 Å². The van der Waals surface area contributed by atoms with E-state index >= 15 is 0 Å². The van der Waals surface area contributed by atoms with E-state index in [9.17, 15) is 9.18 Å². The minimum atomic E-state index is -0.359. The van der Waals surface area contributed by atoms with Crippen molar-refractivity contribution in [2.45, 2.75) is 20.1 Å². The van der Waals surface area contributed by atoms with E-state index in [2.05, 4.69) is 10.4 Å². The number of aliphatic hydroxyl groups excluding tert-OH is 1. The second-order valence-electron chi connectivity index (χ2n) is 5.55. The van der Waals surface area contributed by atoms with Crippen LogP contribution in [0.25, 0.3) is 11.3 Å². The Balaban J connectivity index is 2.02. The van der Waals surface area contributed by atoms with Gasteiger partial charge in [0.05, 0.1) is 12.3 Å².